The molecular formula is C17H14ClF2NS. The molecule has 3 rings (SSSR count). The van der Waals surface area contributed by atoms with Crippen molar-refractivity contribution in [2.45, 2.75) is 19.8 Å². The first-order valence-electron chi connectivity index (χ1n) is 6.93. The van der Waals surface area contributed by atoms with E-state index in [0.29, 0.717) is 16.3 Å². The number of halogens is 3. The van der Waals surface area contributed by atoms with Gasteiger partial charge in [0.05, 0.1) is 21.6 Å². The van der Waals surface area contributed by atoms with Gasteiger partial charge >= 0.3 is 0 Å². The maximum atomic E-state index is 14.0. The second-order valence-electron chi connectivity index (χ2n) is 5.15. The van der Waals surface area contributed by atoms with Crippen molar-refractivity contribution in [2.75, 3.05) is 6.26 Å². The Morgan fingerprint density at radius 2 is 1.91 bits per heavy atom. The smallest absolute Gasteiger partial charge is 0.137 e. The number of rotatable bonds is 2. The van der Waals surface area contributed by atoms with E-state index in [0.717, 1.165) is 29.4 Å². The highest BCUT2D eigenvalue weighted by Crippen LogP contribution is 2.39. The summed E-state index contributed by atoms with van der Waals surface area (Å²) in [6.07, 6.45) is 8.18. The number of nitrogens with zero attached hydrogens (tertiary/aromatic N) is 1. The summed E-state index contributed by atoms with van der Waals surface area (Å²) in [5.41, 5.74) is 2.65. The highest BCUT2D eigenvalue weighted by atomic mass is 35.5. The van der Waals surface area contributed by atoms with E-state index in [2.05, 4.69) is 17.1 Å². The Hall–Kier alpha value is -1.39. The van der Waals surface area contributed by atoms with Gasteiger partial charge in [-0.3, -0.25) is 0 Å². The lowest BCUT2D eigenvalue weighted by atomic mass is 9.99. The van der Waals surface area contributed by atoms with Crippen LogP contribution in [0.2, 0.25) is 5.02 Å². The highest BCUT2D eigenvalue weighted by Gasteiger charge is 2.20. The Bertz CT molecular complexity index is 827. The zero-order chi connectivity index (χ0) is 15.9. The summed E-state index contributed by atoms with van der Waals surface area (Å²) in [5.74, 6) is -1.33. The number of fused-ring (bicyclic) bond motifs is 1. The van der Waals surface area contributed by atoms with Crippen LogP contribution in [0, 0.1) is 18.6 Å². The van der Waals surface area contributed by atoms with Gasteiger partial charge < -0.3 is 0 Å². The van der Waals surface area contributed by atoms with Crippen LogP contribution in [0.3, 0.4) is 0 Å². The third-order valence-corrected chi connectivity index (χ3v) is 5.05. The minimum absolute atomic E-state index is 0.176. The fourth-order valence-corrected chi connectivity index (χ4v) is 3.64. The Kier molecular flexibility index (Phi) is 4.24. The molecule has 1 aromatic heterocycles. The summed E-state index contributed by atoms with van der Waals surface area (Å²) in [6, 6.07) is 2.06. The van der Waals surface area contributed by atoms with Crippen LogP contribution in [-0.2, 0) is 0 Å². The number of allylic oxidation sites excluding steroid dienone is 3. The monoisotopic (exact) mass is 337 g/mol. The average Bonchev–Trinajstić information content (AvgIpc) is 2.50. The molecule has 0 unspecified atom stereocenters. The van der Waals surface area contributed by atoms with E-state index in [1.807, 2.05) is 13.2 Å². The molecule has 1 aromatic carbocycles. The van der Waals surface area contributed by atoms with Crippen molar-refractivity contribution in [3.8, 4) is 0 Å². The average molecular weight is 338 g/mol. The molecule has 0 atom stereocenters. The summed E-state index contributed by atoms with van der Waals surface area (Å²) < 4.78 is 27.5. The van der Waals surface area contributed by atoms with Gasteiger partial charge in [0.15, 0.2) is 0 Å². The molecule has 1 heterocycles. The Morgan fingerprint density at radius 3 is 2.64 bits per heavy atom. The molecule has 22 heavy (non-hydrogen) atoms. The predicted octanol–water partition coefficient (Wildman–Crippen LogP) is 5.90. The van der Waals surface area contributed by atoms with Gasteiger partial charge in [-0.05, 0) is 31.6 Å². The van der Waals surface area contributed by atoms with Gasteiger partial charge in [-0.2, -0.15) is 0 Å². The van der Waals surface area contributed by atoms with Crippen molar-refractivity contribution in [3.63, 3.8) is 0 Å². The SMILES string of the molecule is CSC1=CCCC=C1c1nc2cc(F)cc(F)c2c(Cl)c1C. The molecule has 0 N–H and O–H groups in total. The Balaban J connectivity index is 2.30. The Morgan fingerprint density at radius 1 is 1.18 bits per heavy atom. The minimum atomic E-state index is -0.680. The van der Waals surface area contributed by atoms with Gasteiger partial charge in [0.2, 0.25) is 0 Å². The van der Waals surface area contributed by atoms with Crippen molar-refractivity contribution >= 4 is 39.8 Å². The maximum Gasteiger partial charge on any atom is 0.137 e. The van der Waals surface area contributed by atoms with Crippen LogP contribution in [0.25, 0.3) is 16.5 Å². The quantitative estimate of drug-likeness (QED) is 0.676. The minimum Gasteiger partial charge on any atom is -0.247 e. The van der Waals surface area contributed by atoms with E-state index in [4.69, 9.17) is 11.6 Å². The van der Waals surface area contributed by atoms with Crippen LogP contribution in [0.15, 0.2) is 29.2 Å². The molecule has 0 radical (unpaired) electrons. The third-order valence-electron chi connectivity index (χ3n) is 3.76. The molecule has 0 spiro atoms. The predicted molar refractivity (Wildman–Crippen MR) is 90.2 cm³/mol. The summed E-state index contributed by atoms with van der Waals surface area (Å²) in [4.78, 5) is 5.61. The van der Waals surface area contributed by atoms with Crippen LogP contribution in [0.1, 0.15) is 24.1 Å². The van der Waals surface area contributed by atoms with E-state index in [-0.39, 0.29) is 10.9 Å². The fraction of sp³-hybridized carbons (Fsp3) is 0.235. The second-order valence-corrected chi connectivity index (χ2v) is 6.37. The molecule has 0 fully saturated rings. The van der Waals surface area contributed by atoms with Crippen LogP contribution >= 0.6 is 23.4 Å². The summed E-state index contributed by atoms with van der Waals surface area (Å²) in [6.45, 7) is 1.82. The molecule has 114 valence electrons. The van der Waals surface area contributed by atoms with E-state index < -0.39 is 11.6 Å². The van der Waals surface area contributed by atoms with E-state index in [1.54, 1.807) is 11.8 Å². The van der Waals surface area contributed by atoms with Crippen molar-refractivity contribution in [1.82, 2.24) is 4.98 Å². The highest BCUT2D eigenvalue weighted by molar-refractivity contribution is 8.03. The van der Waals surface area contributed by atoms with Crippen molar-refractivity contribution in [2.24, 2.45) is 0 Å². The second kappa shape index (κ2) is 6.01. The first kappa shape index (κ1) is 15.5. The van der Waals surface area contributed by atoms with Crippen LogP contribution in [0.5, 0.6) is 0 Å². The number of hydrogen-bond donors (Lipinski definition) is 0. The lowest BCUT2D eigenvalue weighted by molar-refractivity contribution is 0.591. The van der Waals surface area contributed by atoms with Crippen LogP contribution < -0.4 is 0 Å². The first-order valence-corrected chi connectivity index (χ1v) is 8.53. The number of benzene rings is 1. The van der Waals surface area contributed by atoms with Gasteiger partial charge in [-0.25, -0.2) is 13.8 Å². The molecule has 1 aliphatic rings. The lowest BCUT2D eigenvalue weighted by Gasteiger charge is -2.18. The molecule has 0 saturated heterocycles. The maximum absolute atomic E-state index is 14.0. The summed E-state index contributed by atoms with van der Waals surface area (Å²) in [5, 5.41) is 0.472. The molecule has 0 bridgehead atoms. The summed E-state index contributed by atoms with van der Waals surface area (Å²) >= 11 is 7.98. The molecule has 2 aromatic rings. The van der Waals surface area contributed by atoms with Gasteiger partial charge in [0.1, 0.15) is 11.6 Å². The fourth-order valence-electron chi connectivity index (χ4n) is 2.68. The zero-order valence-corrected chi connectivity index (χ0v) is 13.8. The molecule has 1 aliphatic carbocycles. The van der Waals surface area contributed by atoms with Crippen LogP contribution in [0.4, 0.5) is 8.78 Å². The largest absolute Gasteiger partial charge is 0.247 e. The lowest BCUT2D eigenvalue weighted by Crippen LogP contribution is -2.01. The summed E-state index contributed by atoms with van der Waals surface area (Å²) in [7, 11) is 0. The van der Waals surface area contributed by atoms with E-state index >= 15 is 0 Å². The molecule has 0 aliphatic heterocycles. The number of pyridine rings is 1. The normalized spacial score (nSPS) is 15.0. The topological polar surface area (TPSA) is 12.9 Å². The standard InChI is InChI=1S/C17H14ClF2NS/c1-9-16(18)15-12(20)7-10(19)8-13(15)21-17(9)11-5-3-4-6-14(11)22-2/h5-8H,3-4H2,1-2H3. The van der Waals surface area contributed by atoms with Crippen molar-refractivity contribution in [3.05, 3.63) is 57.1 Å². The number of aromatic nitrogens is 1. The van der Waals surface area contributed by atoms with Gasteiger partial charge in [-0.15, -0.1) is 11.8 Å². The van der Waals surface area contributed by atoms with Crippen molar-refractivity contribution < 1.29 is 8.78 Å². The molecular weight excluding hydrogens is 324 g/mol. The first-order chi connectivity index (χ1) is 10.5. The molecule has 1 nitrogen and oxygen atoms in total. The van der Waals surface area contributed by atoms with E-state index in [1.165, 1.54) is 6.07 Å². The van der Waals surface area contributed by atoms with Gasteiger partial charge in [0, 0.05) is 22.6 Å². The zero-order valence-electron chi connectivity index (χ0n) is 12.2. The van der Waals surface area contributed by atoms with E-state index in [9.17, 15) is 8.78 Å². The number of thioether (sulfide) groups is 1. The Labute approximate surface area is 137 Å². The van der Waals surface area contributed by atoms with Crippen molar-refractivity contribution in [1.29, 1.82) is 0 Å². The number of hydrogen-bond acceptors (Lipinski definition) is 2. The molecule has 5 heteroatoms. The van der Waals surface area contributed by atoms with Gasteiger partial charge in [0.25, 0.3) is 0 Å². The van der Waals surface area contributed by atoms with Gasteiger partial charge in [-0.1, -0.05) is 23.8 Å². The van der Waals surface area contributed by atoms with Crippen LogP contribution in [-0.4, -0.2) is 11.2 Å². The molecule has 0 amide bonds. The molecule has 0 saturated carbocycles. The third kappa shape index (κ3) is 2.55.